The first-order valence-electron chi connectivity index (χ1n) is 9.86. The van der Waals surface area contributed by atoms with E-state index in [9.17, 15) is 9.18 Å². The Hall–Kier alpha value is -3.93. The standard InChI is InChI=1S/C25H21FN2O3/c1-3-31-22-14-10-20(11-15-22)28-24(18-6-12-21(30-2)13-7-18)27-23(25(28)29)16-17-4-8-19(26)9-5-17/h4-16H,3H2,1-2H3/b23-16+. The van der Waals surface area contributed by atoms with Gasteiger partial charge in [-0.05, 0) is 79.2 Å². The van der Waals surface area contributed by atoms with Gasteiger partial charge in [0, 0.05) is 5.56 Å². The fourth-order valence-corrected chi connectivity index (χ4v) is 3.26. The molecule has 0 saturated heterocycles. The molecule has 6 heteroatoms. The highest BCUT2D eigenvalue weighted by Gasteiger charge is 2.32. The minimum atomic E-state index is -0.335. The van der Waals surface area contributed by atoms with Crippen molar-refractivity contribution in [2.45, 2.75) is 6.92 Å². The van der Waals surface area contributed by atoms with Crippen molar-refractivity contribution in [2.24, 2.45) is 4.99 Å². The molecule has 1 heterocycles. The van der Waals surface area contributed by atoms with E-state index in [0.717, 1.165) is 11.3 Å². The van der Waals surface area contributed by atoms with Crippen molar-refractivity contribution in [3.05, 3.63) is 95.4 Å². The Kier molecular flexibility index (Phi) is 5.80. The van der Waals surface area contributed by atoms with Crippen molar-refractivity contribution in [2.75, 3.05) is 18.6 Å². The Balaban J connectivity index is 1.76. The van der Waals surface area contributed by atoms with E-state index in [1.165, 1.54) is 12.1 Å². The van der Waals surface area contributed by atoms with Crippen LogP contribution in [0.15, 0.2) is 83.5 Å². The summed E-state index contributed by atoms with van der Waals surface area (Å²) in [6.45, 7) is 2.48. The molecule has 5 nitrogen and oxygen atoms in total. The molecule has 1 aliphatic heterocycles. The summed E-state index contributed by atoms with van der Waals surface area (Å²) in [7, 11) is 1.60. The van der Waals surface area contributed by atoms with Crippen LogP contribution in [0.1, 0.15) is 18.1 Å². The summed E-state index contributed by atoms with van der Waals surface area (Å²) >= 11 is 0. The van der Waals surface area contributed by atoms with E-state index in [1.54, 1.807) is 30.2 Å². The Bertz CT molecular complexity index is 1130. The van der Waals surface area contributed by atoms with Gasteiger partial charge < -0.3 is 9.47 Å². The quantitative estimate of drug-likeness (QED) is 0.528. The number of hydrogen-bond donors (Lipinski definition) is 0. The Morgan fingerprint density at radius 2 is 1.58 bits per heavy atom. The second-order valence-electron chi connectivity index (χ2n) is 6.81. The molecule has 0 unspecified atom stereocenters. The van der Waals surface area contributed by atoms with E-state index in [0.29, 0.717) is 29.4 Å². The normalized spacial score (nSPS) is 14.7. The minimum Gasteiger partial charge on any atom is -0.497 e. The predicted molar refractivity (Wildman–Crippen MR) is 119 cm³/mol. The highest BCUT2D eigenvalue weighted by atomic mass is 19.1. The van der Waals surface area contributed by atoms with Crippen LogP contribution in [0.2, 0.25) is 0 Å². The zero-order chi connectivity index (χ0) is 21.8. The van der Waals surface area contributed by atoms with Crippen molar-refractivity contribution in [1.82, 2.24) is 0 Å². The molecule has 1 amide bonds. The number of hydrogen-bond acceptors (Lipinski definition) is 4. The van der Waals surface area contributed by atoms with Crippen LogP contribution in [0.25, 0.3) is 6.08 Å². The third-order valence-electron chi connectivity index (χ3n) is 4.79. The Morgan fingerprint density at radius 1 is 0.935 bits per heavy atom. The lowest BCUT2D eigenvalue weighted by Gasteiger charge is -2.19. The number of carbonyl (C=O) groups is 1. The van der Waals surface area contributed by atoms with Gasteiger partial charge in [0.25, 0.3) is 5.91 Å². The van der Waals surface area contributed by atoms with E-state index in [-0.39, 0.29) is 17.4 Å². The van der Waals surface area contributed by atoms with E-state index < -0.39 is 0 Å². The fraction of sp³-hybridized carbons (Fsp3) is 0.120. The van der Waals surface area contributed by atoms with Gasteiger partial charge >= 0.3 is 0 Å². The number of aliphatic imine (C=N–C) groups is 1. The van der Waals surface area contributed by atoms with Gasteiger partial charge in [-0.2, -0.15) is 0 Å². The molecule has 0 aromatic heterocycles. The molecule has 3 aromatic rings. The third-order valence-corrected chi connectivity index (χ3v) is 4.79. The molecule has 0 atom stereocenters. The fourth-order valence-electron chi connectivity index (χ4n) is 3.26. The molecule has 0 aliphatic carbocycles. The lowest BCUT2D eigenvalue weighted by Crippen LogP contribution is -2.32. The maximum absolute atomic E-state index is 13.3. The van der Waals surface area contributed by atoms with Crippen LogP contribution in [-0.4, -0.2) is 25.5 Å². The van der Waals surface area contributed by atoms with Crippen LogP contribution >= 0.6 is 0 Å². The topological polar surface area (TPSA) is 51.1 Å². The maximum Gasteiger partial charge on any atom is 0.282 e. The lowest BCUT2D eigenvalue weighted by molar-refractivity contribution is -0.113. The minimum absolute atomic E-state index is 0.265. The van der Waals surface area contributed by atoms with Crippen LogP contribution in [0.5, 0.6) is 11.5 Å². The largest absolute Gasteiger partial charge is 0.497 e. The van der Waals surface area contributed by atoms with Crippen molar-refractivity contribution in [3.63, 3.8) is 0 Å². The summed E-state index contributed by atoms with van der Waals surface area (Å²) in [5.74, 6) is 1.34. The monoisotopic (exact) mass is 416 g/mol. The number of nitrogens with zero attached hydrogens (tertiary/aromatic N) is 2. The molecule has 0 spiro atoms. The summed E-state index contributed by atoms with van der Waals surface area (Å²) in [5, 5.41) is 0. The first kappa shape index (κ1) is 20.3. The van der Waals surface area contributed by atoms with Gasteiger partial charge in [-0.1, -0.05) is 12.1 Å². The summed E-state index contributed by atoms with van der Waals surface area (Å²) in [6.07, 6.45) is 1.65. The molecule has 156 valence electrons. The highest BCUT2D eigenvalue weighted by molar-refractivity contribution is 6.33. The van der Waals surface area contributed by atoms with Crippen molar-refractivity contribution < 1.29 is 18.7 Å². The predicted octanol–water partition coefficient (Wildman–Crippen LogP) is 5.07. The number of anilines is 1. The van der Waals surface area contributed by atoms with E-state index in [2.05, 4.69) is 4.99 Å². The van der Waals surface area contributed by atoms with Crippen molar-refractivity contribution in [1.29, 1.82) is 0 Å². The molecule has 4 rings (SSSR count). The molecule has 31 heavy (non-hydrogen) atoms. The van der Waals surface area contributed by atoms with Crippen LogP contribution in [0.3, 0.4) is 0 Å². The summed E-state index contributed by atoms with van der Waals surface area (Å²) < 4.78 is 24.0. The SMILES string of the molecule is CCOc1ccc(N2C(=O)/C(=C\c3ccc(F)cc3)N=C2c2ccc(OC)cc2)cc1. The van der Waals surface area contributed by atoms with Crippen molar-refractivity contribution in [3.8, 4) is 11.5 Å². The number of amides is 1. The molecule has 0 fully saturated rings. The van der Waals surface area contributed by atoms with Gasteiger partial charge in [-0.3, -0.25) is 9.69 Å². The van der Waals surface area contributed by atoms with Gasteiger partial charge in [0.05, 0.1) is 19.4 Å². The number of methoxy groups -OCH3 is 1. The molecular formula is C25H21FN2O3. The molecular weight excluding hydrogens is 395 g/mol. The van der Waals surface area contributed by atoms with Gasteiger partial charge in [-0.15, -0.1) is 0 Å². The van der Waals surface area contributed by atoms with E-state index in [1.807, 2.05) is 55.5 Å². The summed E-state index contributed by atoms with van der Waals surface area (Å²) in [6, 6.07) is 20.6. The molecule has 1 aliphatic rings. The van der Waals surface area contributed by atoms with Crippen LogP contribution in [0, 0.1) is 5.82 Å². The summed E-state index contributed by atoms with van der Waals surface area (Å²) in [4.78, 5) is 19.5. The number of ether oxygens (including phenoxy) is 2. The number of amidine groups is 1. The number of halogens is 1. The first-order valence-corrected chi connectivity index (χ1v) is 9.86. The number of rotatable bonds is 6. The van der Waals surface area contributed by atoms with E-state index >= 15 is 0 Å². The maximum atomic E-state index is 13.3. The number of benzene rings is 3. The summed E-state index contributed by atoms with van der Waals surface area (Å²) in [5.41, 5.74) is 2.40. The zero-order valence-corrected chi connectivity index (χ0v) is 17.2. The Labute approximate surface area is 180 Å². The van der Waals surface area contributed by atoms with Gasteiger partial charge in [0.1, 0.15) is 28.8 Å². The van der Waals surface area contributed by atoms with Gasteiger partial charge in [-0.25, -0.2) is 9.38 Å². The third kappa shape index (κ3) is 4.33. The average Bonchev–Trinajstić information content (AvgIpc) is 3.12. The lowest BCUT2D eigenvalue weighted by atomic mass is 10.1. The smallest absolute Gasteiger partial charge is 0.282 e. The second-order valence-corrected chi connectivity index (χ2v) is 6.81. The molecule has 0 radical (unpaired) electrons. The molecule has 0 bridgehead atoms. The second kappa shape index (κ2) is 8.83. The van der Waals surface area contributed by atoms with Crippen LogP contribution in [-0.2, 0) is 4.79 Å². The van der Waals surface area contributed by atoms with E-state index in [4.69, 9.17) is 9.47 Å². The van der Waals surface area contributed by atoms with Crippen LogP contribution < -0.4 is 14.4 Å². The van der Waals surface area contributed by atoms with Crippen LogP contribution in [0.4, 0.5) is 10.1 Å². The molecule has 3 aromatic carbocycles. The highest BCUT2D eigenvalue weighted by Crippen LogP contribution is 2.30. The van der Waals surface area contributed by atoms with Gasteiger partial charge in [0.2, 0.25) is 0 Å². The first-order chi connectivity index (χ1) is 15.1. The number of carbonyl (C=O) groups excluding carboxylic acids is 1. The molecule has 0 saturated carbocycles. The van der Waals surface area contributed by atoms with Crippen molar-refractivity contribution >= 4 is 23.5 Å². The average molecular weight is 416 g/mol. The zero-order valence-electron chi connectivity index (χ0n) is 17.2. The Morgan fingerprint density at radius 3 is 2.19 bits per heavy atom. The van der Waals surface area contributed by atoms with Gasteiger partial charge in [0.15, 0.2) is 0 Å². The molecule has 0 N–H and O–H groups in total.